The summed E-state index contributed by atoms with van der Waals surface area (Å²) in [5, 5.41) is 12.3. The molecule has 1 saturated heterocycles. The molecule has 21 heavy (non-hydrogen) atoms. The van der Waals surface area contributed by atoms with E-state index in [4.69, 9.17) is 5.26 Å². The summed E-state index contributed by atoms with van der Waals surface area (Å²) in [6.07, 6.45) is 4.75. The predicted octanol–water partition coefficient (Wildman–Crippen LogP) is 3.05. The van der Waals surface area contributed by atoms with Crippen molar-refractivity contribution in [1.82, 2.24) is 10.2 Å². The van der Waals surface area contributed by atoms with Crippen LogP contribution < -0.4 is 5.32 Å². The standard InChI is InChI=1S/C17H24FN3/c1-2-8-20-12-16-5-3-4-9-21(16)13-15-7-6-14(11-19)10-17(15)18/h6-7,10,16,20H,2-5,8-9,12-13H2,1H3. The van der Waals surface area contributed by atoms with Gasteiger partial charge in [0.05, 0.1) is 11.6 Å². The minimum Gasteiger partial charge on any atom is -0.315 e. The molecule has 1 unspecified atom stereocenters. The molecule has 4 heteroatoms. The first-order valence-corrected chi connectivity index (χ1v) is 7.88. The molecule has 114 valence electrons. The van der Waals surface area contributed by atoms with Crippen LogP contribution >= 0.6 is 0 Å². The number of halogens is 1. The summed E-state index contributed by atoms with van der Waals surface area (Å²) in [7, 11) is 0. The Balaban J connectivity index is 2.00. The van der Waals surface area contributed by atoms with Crippen molar-refractivity contribution in [2.75, 3.05) is 19.6 Å². The van der Waals surface area contributed by atoms with Gasteiger partial charge in [-0.15, -0.1) is 0 Å². The highest BCUT2D eigenvalue weighted by Gasteiger charge is 2.22. The quantitative estimate of drug-likeness (QED) is 0.818. The highest BCUT2D eigenvalue weighted by molar-refractivity contribution is 5.32. The van der Waals surface area contributed by atoms with Crippen LogP contribution in [0.2, 0.25) is 0 Å². The second kappa shape index (κ2) is 8.11. The van der Waals surface area contributed by atoms with Gasteiger partial charge in [-0.2, -0.15) is 5.26 Å². The molecule has 1 aliphatic rings. The Labute approximate surface area is 126 Å². The zero-order chi connectivity index (χ0) is 15.1. The van der Waals surface area contributed by atoms with E-state index < -0.39 is 0 Å². The van der Waals surface area contributed by atoms with Crippen LogP contribution in [0, 0.1) is 17.1 Å². The zero-order valence-corrected chi connectivity index (χ0v) is 12.7. The second-order valence-electron chi connectivity index (χ2n) is 5.74. The Morgan fingerprint density at radius 2 is 2.29 bits per heavy atom. The van der Waals surface area contributed by atoms with E-state index in [-0.39, 0.29) is 5.82 Å². The molecule has 0 bridgehead atoms. The molecule has 1 aromatic rings. The maximum absolute atomic E-state index is 14.0. The van der Waals surface area contributed by atoms with Crippen molar-refractivity contribution in [3.63, 3.8) is 0 Å². The first-order valence-electron chi connectivity index (χ1n) is 7.88. The summed E-state index contributed by atoms with van der Waals surface area (Å²) in [5.41, 5.74) is 1.08. The van der Waals surface area contributed by atoms with Crippen LogP contribution in [0.25, 0.3) is 0 Å². The van der Waals surface area contributed by atoms with Gasteiger partial charge >= 0.3 is 0 Å². The van der Waals surface area contributed by atoms with Gasteiger partial charge < -0.3 is 5.32 Å². The van der Waals surface area contributed by atoms with Crippen molar-refractivity contribution in [1.29, 1.82) is 5.26 Å². The fraction of sp³-hybridized carbons (Fsp3) is 0.588. The third-order valence-electron chi connectivity index (χ3n) is 4.11. The van der Waals surface area contributed by atoms with Crippen molar-refractivity contribution in [2.45, 2.75) is 45.2 Å². The van der Waals surface area contributed by atoms with E-state index in [2.05, 4.69) is 17.1 Å². The molecule has 0 aliphatic carbocycles. The van der Waals surface area contributed by atoms with Crippen LogP contribution in [0.4, 0.5) is 4.39 Å². The van der Waals surface area contributed by atoms with Crippen molar-refractivity contribution in [3.05, 3.63) is 35.1 Å². The maximum atomic E-state index is 14.0. The maximum Gasteiger partial charge on any atom is 0.129 e. The van der Waals surface area contributed by atoms with Gasteiger partial charge in [0.2, 0.25) is 0 Å². The predicted molar refractivity (Wildman–Crippen MR) is 82.3 cm³/mol. The Morgan fingerprint density at radius 1 is 1.43 bits per heavy atom. The van der Waals surface area contributed by atoms with Crippen LogP contribution in [0.3, 0.4) is 0 Å². The normalized spacial score (nSPS) is 19.4. The van der Waals surface area contributed by atoms with E-state index >= 15 is 0 Å². The number of nitrogens with one attached hydrogen (secondary N) is 1. The van der Waals surface area contributed by atoms with Gasteiger partial charge in [0.25, 0.3) is 0 Å². The minimum atomic E-state index is -0.264. The smallest absolute Gasteiger partial charge is 0.129 e. The van der Waals surface area contributed by atoms with E-state index in [0.29, 0.717) is 23.7 Å². The van der Waals surface area contributed by atoms with Crippen LogP contribution in [-0.4, -0.2) is 30.6 Å². The number of benzene rings is 1. The molecular weight excluding hydrogens is 265 g/mol. The zero-order valence-electron chi connectivity index (χ0n) is 12.7. The molecule has 0 spiro atoms. The number of likely N-dealkylation sites (tertiary alicyclic amines) is 1. The van der Waals surface area contributed by atoms with Crippen LogP contribution in [-0.2, 0) is 6.54 Å². The topological polar surface area (TPSA) is 39.1 Å². The average molecular weight is 289 g/mol. The van der Waals surface area contributed by atoms with Gasteiger partial charge in [-0.3, -0.25) is 4.90 Å². The molecule has 0 aromatic heterocycles. The number of hydrogen-bond acceptors (Lipinski definition) is 3. The lowest BCUT2D eigenvalue weighted by atomic mass is 10.0. The molecule has 3 nitrogen and oxygen atoms in total. The largest absolute Gasteiger partial charge is 0.315 e. The third kappa shape index (κ3) is 4.52. The van der Waals surface area contributed by atoms with E-state index in [1.165, 1.54) is 25.3 Å². The van der Waals surface area contributed by atoms with Gasteiger partial charge in [-0.25, -0.2) is 4.39 Å². The Morgan fingerprint density at radius 3 is 3.00 bits per heavy atom. The second-order valence-corrected chi connectivity index (χ2v) is 5.74. The molecule has 0 radical (unpaired) electrons. The summed E-state index contributed by atoms with van der Waals surface area (Å²) < 4.78 is 14.0. The lowest BCUT2D eigenvalue weighted by molar-refractivity contribution is 0.136. The Hall–Kier alpha value is -1.44. The van der Waals surface area contributed by atoms with Crippen molar-refractivity contribution in [3.8, 4) is 6.07 Å². The minimum absolute atomic E-state index is 0.264. The molecule has 1 atom stereocenters. The number of rotatable bonds is 6. The summed E-state index contributed by atoms with van der Waals surface area (Å²) in [6.45, 7) is 5.84. The van der Waals surface area contributed by atoms with Crippen molar-refractivity contribution in [2.24, 2.45) is 0 Å². The van der Waals surface area contributed by atoms with E-state index in [1.54, 1.807) is 12.1 Å². The Bertz CT molecular complexity index is 495. The molecule has 2 rings (SSSR count). The molecule has 1 aromatic carbocycles. The highest BCUT2D eigenvalue weighted by Crippen LogP contribution is 2.21. The van der Waals surface area contributed by atoms with E-state index in [1.807, 2.05) is 6.07 Å². The monoisotopic (exact) mass is 289 g/mol. The Kier molecular flexibility index (Phi) is 6.16. The number of nitrogens with zero attached hydrogens (tertiary/aromatic N) is 2. The highest BCUT2D eigenvalue weighted by atomic mass is 19.1. The van der Waals surface area contributed by atoms with Crippen molar-refractivity contribution >= 4 is 0 Å². The van der Waals surface area contributed by atoms with Gasteiger partial charge in [-0.05, 0) is 44.5 Å². The summed E-state index contributed by atoms with van der Waals surface area (Å²) in [4.78, 5) is 2.37. The van der Waals surface area contributed by atoms with Crippen LogP contribution in [0.15, 0.2) is 18.2 Å². The molecular formula is C17H24FN3. The fourth-order valence-corrected chi connectivity index (χ4v) is 2.91. The number of nitriles is 1. The fourth-order valence-electron chi connectivity index (χ4n) is 2.91. The molecule has 1 N–H and O–H groups in total. The van der Waals surface area contributed by atoms with Gasteiger partial charge in [-0.1, -0.05) is 19.4 Å². The first kappa shape index (κ1) is 15.9. The molecule has 0 saturated carbocycles. The molecule has 1 aliphatic heterocycles. The number of piperidine rings is 1. The van der Waals surface area contributed by atoms with Crippen LogP contribution in [0.5, 0.6) is 0 Å². The summed E-state index contributed by atoms with van der Waals surface area (Å²) in [6, 6.07) is 7.25. The lowest BCUT2D eigenvalue weighted by Gasteiger charge is -2.36. The van der Waals surface area contributed by atoms with Gasteiger partial charge in [0.1, 0.15) is 5.82 Å². The summed E-state index contributed by atoms with van der Waals surface area (Å²) >= 11 is 0. The molecule has 0 amide bonds. The lowest BCUT2D eigenvalue weighted by Crippen LogP contribution is -2.45. The number of hydrogen-bond donors (Lipinski definition) is 1. The molecule has 1 heterocycles. The van der Waals surface area contributed by atoms with Crippen molar-refractivity contribution < 1.29 is 4.39 Å². The first-order chi connectivity index (χ1) is 10.2. The van der Waals surface area contributed by atoms with E-state index in [9.17, 15) is 4.39 Å². The van der Waals surface area contributed by atoms with Gasteiger partial charge in [0, 0.05) is 24.7 Å². The summed E-state index contributed by atoms with van der Waals surface area (Å²) in [5.74, 6) is -0.264. The van der Waals surface area contributed by atoms with Gasteiger partial charge in [0.15, 0.2) is 0 Å². The SMILES string of the molecule is CCCNCC1CCCCN1Cc1ccc(C#N)cc1F. The van der Waals surface area contributed by atoms with Crippen LogP contribution in [0.1, 0.15) is 43.7 Å². The van der Waals surface area contributed by atoms with E-state index in [0.717, 1.165) is 26.1 Å². The average Bonchev–Trinajstić information content (AvgIpc) is 2.51. The molecule has 1 fully saturated rings. The third-order valence-corrected chi connectivity index (χ3v) is 4.11.